The topological polar surface area (TPSA) is 74.3 Å². The number of hydrogen-bond donors (Lipinski definition) is 0. The number of thiophene rings is 1. The number of pyridine rings is 5. The zero-order chi connectivity index (χ0) is 104. The molecule has 0 aliphatic heterocycles. The summed E-state index contributed by atoms with van der Waals surface area (Å²) in [5, 5.41) is 15.7. The van der Waals surface area contributed by atoms with E-state index in [2.05, 4.69) is 382 Å². The van der Waals surface area contributed by atoms with Gasteiger partial charge in [-0.05, 0) is 231 Å². The summed E-state index contributed by atoms with van der Waals surface area (Å²) in [6.45, 7) is 1.85. The molecule has 2 radical (unpaired) electrons. The molecule has 0 spiro atoms. The molecule has 27 aromatic rings. The Morgan fingerprint density at radius 2 is 0.604 bits per heavy atom. The first kappa shape index (κ1) is 94.7. The summed E-state index contributed by atoms with van der Waals surface area (Å²) in [4.78, 5) is 21.5. The first-order chi connectivity index (χ1) is 74.4. The molecule has 0 saturated heterocycles. The predicted molar refractivity (Wildman–Crippen MR) is 615 cm³/mol. The van der Waals surface area contributed by atoms with Crippen molar-refractivity contribution in [2.24, 2.45) is 0 Å². The summed E-state index contributed by atoms with van der Waals surface area (Å²) in [5.74, 6) is 0. The second-order valence-electron chi connectivity index (χ2n) is 35.3. The second-order valence-corrected chi connectivity index (χ2v) is 36.4. The normalized spacial score (nSPS) is 11.5. The molecule has 8 aromatic heterocycles. The Kier molecular flexibility index (Phi) is 30.9. The molecule has 0 bridgehead atoms. The van der Waals surface area contributed by atoms with E-state index in [9.17, 15) is 0 Å². The molecule has 0 fully saturated rings. The van der Waals surface area contributed by atoms with E-state index in [1.54, 1.807) is 36.4 Å². The van der Waals surface area contributed by atoms with Gasteiger partial charge in [0.05, 0.1) is 22.1 Å². The van der Waals surface area contributed by atoms with E-state index in [0.717, 1.165) is 50.6 Å². The zero-order valence-corrected chi connectivity index (χ0v) is 89.6. The molecule has 0 aliphatic rings. The van der Waals surface area contributed by atoms with Crippen LogP contribution in [0.2, 0.25) is 0 Å². The van der Waals surface area contributed by atoms with Gasteiger partial charge in [0.25, 0.3) is 0 Å². The standard InChI is InChI=1S/C36H24N2.C36H22S.C18H14N.4C12H10N.3Ir/c1-5-13-33-29(9-1)30-10-2-6-14-34(30)37(33)27-21-17-25(18-22-27)26-19-23-28(24-20-26)38-35-15-7-3-11-31(35)32-12-4-8-16-36(32)38;1-2-13-29-27(11-1)28-12-3-4-14-30(28)34-22-24(19-20-31(29)34)23-9-7-10-25(21-23)26-16-8-17-33-32-15-5-6-18-35(32)37-36(26)33;1-14-12-18(16-10-6-3-7-11-16)19-13-17(14)15-8-4-2-5-9-15;1-10-6-5-9-13-12(10)11-7-3-2-4-8-11;3*1-10-6-5-9-12(13-10)11-7-3-2-4-8-11;;;/h1-24H;1-22H;2-10,12-13H,1H3;4*2-7,9H,1H3;;;/q;;5*-1;;;+3/i;;;;2*1D3;;;;. The van der Waals surface area contributed by atoms with Crippen molar-refractivity contribution in [2.75, 3.05) is 0 Å². The molecular formula is C138H100Ir3N7S-2. The molecular weight excluding hydrogens is 2360 g/mol. The fourth-order valence-corrected chi connectivity index (χ4v) is 20.2. The first-order valence-corrected chi connectivity index (χ1v) is 49.5. The van der Waals surface area contributed by atoms with Crippen molar-refractivity contribution in [1.29, 1.82) is 0 Å². The van der Waals surface area contributed by atoms with Gasteiger partial charge in [-0.25, -0.2) is 0 Å². The van der Waals surface area contributed by atoms with E-state index in [1.165, 1.54) is 175 Å². The maximum atomic E-state index is 7.29. The number of rotatable bonds is 11. The van der Waals surface area contributed by atoms with Crippen molar-refractivity contribution in [3.8, 4) is 112 Å². The van der Waals surface area contributed by atoms with Gasteiger partial charge in [0.15, 0.2) is 0 Å². The molecule has 11 heteroatoms. The Labute approximate surface area is 923 Å². The minimum atomic E-state index is -2.16. The molecule has 0 N–H and O–H groups in total. The van der Waals surface area contributed by atoms with Gasteiger partial charge < -0.3 is 34.1 Å². The van der Waals surface area contributed by atoms with E-state index in [4.69, 9.17) is 8.22 Å². The van der Waals surface area contributed by atoms with Crippen LogP contribution in [0.5, 0.6) is 0 Å². The molecule has 27 rings (SSSR count). The quantitative estimate of drug-likeness (QED) is 0.0953. The van der Waals surface area contributed by atoms with Crippen LogP contribution in [0.3, 0.4) is 0 Å². The minimum absolute atomic E-state index is 0. The minimum Gasteiger partial charge on any atom is -0.309 e. The molecule has 722 valence electrons. The van der Waals surface area contributed by atoms with Crippen LogP contribution in [0.1, 0.15) is 36.4 Å². The molecule has 0 atom stereocenters. The van der Waals surface area contributed by atoms with E-state index in [0.29, 0.717) is 11.4 Å². The molecule has 8 heterocycles. The maximum Gasteiger partial charge on any atom is 3.00 e. The van der Waals surface area contributed by atoms with Gasteiger partial charge in [-0.2, -0.15) is 0 Å². The van der Waals surface area contributed by atoms with E-state index < -0.39 is 13.7 Å². The summed E-state index contributed by atoms with van der Waals surface area (Å²) >= 11 is 1.89. The fourth-order valence-electron chi connectivity index (χ4n) is 18.9. The van der Waals surface area contributed by atoms with Crippen molar-refractivity contribution in [3.05, 3.63) is 574 Å². The molecule has 19 aromatic carbocycles. The number of para-hydroxylation sites is 4. The van der Waals surface area contributed by atoms with Crippen molar-refractivity contribution in [2.45, 2.75) is 34.5 Å². The fraction of sp³-hybridized carbons (Fsp3) is 0.0362. The van der Waals surface area contributed by atoms with E-state index >= 15 is 0 Å². The van der Waals surface area contributed by atoms with Crippen LogP contribution in [0.4, 0.5) is 0 Å². The third kappa shape index (κ3) is 23.3. The number of fused-ring (bicyclic) bond motifs is 15. The van der Waals surface area contributed by atoms with Crippen molar-refractivity contribution in [1.82, 2.24) is 34.1 Å². The SMILES string of the molecule is Cc1cc(-c2[c-]cccc2)ncc1-c1ccccc1.Cc1cccc(-c2[c-]cccc2)n1.Cc1cccnc1-c1[c-]cccc1.[2H]C([2H])([2H])c1cccc(-c2[c-]cccc2)n1.[2H]C([2H])([2H])c1cccc(-c2[c-]cccc2)n1.[Ir+3].[Ir].[Ir].c1cc(-c2ccc3c4ccccc4c4ccccc4c3c2)cc(-c2cccc3c2sc2ccccc23)c1.c1ccc2c(c1)c1ccccc1n2-c1ccc(-c2ccc(-n3c4ccccc4c4ccccc43)cc2)cc1. The van der Waals surface area contributed by atoms with Crippen LogP contribution >= 0.6 is 11.3 Å². The largest absolute Gasteiger partial charge is 3.00 e. The number of benzene rings is 19. The van der Waals surface area contributed by atoms with Gasteiger partial charge in [0.1, 0.15) is 0 Å². The third-order valence-corrected chi connectivity index (χ3v) is 27.1. The van der Waals surface area contributed by atoms with Gasteiger partial charge in [-0.3, -0.25) is 0 Å². The summed E-state index contributed by atoms with van der Waals surface area (Å²) in [5.41, 5.74) is 29.8. The Hall–Kier alpha value is -16.5. The van der Waals surface area contributed by atoms with Crippen LogP contribution in [-0.4, -0.2) is 34.1 Å². The number of aromatic nitrogens is 7. The number of aryl methyl sites for hydroxylation is 5. The molecule has 7 nitrogen and oxygen atoms in total. The van der Waals surface area contributed by atoms with Crippen LogP contribution in [-0.2, 0) is 60.3 Å². The smallest absolute Gasteiger partial charge is 0.309 e. The molecule has 0 amide bonds. The average Bonchev–Trinajstić information content (AvgIpc) is 1.73. The number of nitrogens with zero attached hydrogens (tertiary/aromatic N) is 7. The summed E-state index contributed by atoms with van der Waals surface area (Å²) < 4.78 is 51.2. The Morgan fingerprint density at radius 3 is 1.05 bits per heavy atom. The third-order valence-electron chi connectivity index (χ3n) is 25.9. The number of hydrogen-bond acceptors (Lipinski definition) is 6. The average molecular weight is 2470 g/mol. The van der Waals surface area contributed by atoms with Crippen LogP contribution in [0.15, 0.2) is 516 Å². The van der Waals surface area contributed by atoms with Crippen molar-refractivity contribution < 1.29 is 68.5 Å². The maximum absolute atomic E-state index is 7.29. The summed E-state index contributed by atoms with van der Waals surface area (Å²) in [6, 6.07) is 188. The Bertz CT molecular complexity index is 9110. The summed E-state index contributed by atoms with van der Waals surface area (Å²) in [7, 11) is 0. The molecule has 149 heavy (non-hydrogen) atoms. The van der Waals surface area contributed by atoms with Gasteiger partial charge >= 0.3 is 20.1 Å². The van der Waals surface area contributed by atoms with E-state index in [-0.39, 0.29) is 71.7 Å². The van der Waals surface area contributed by atoms with Gasteiger partial charge in [0.2, 0.25) is 0 Å². The van der Waals surface area contributed by atoms with Crippen molar-refractivity contribution in [3.63, 3.8) is 0 Å². The molecule has 0 saturated carbocycles. The van der Waals surface area contributed by atoms with Gasteiger partial charge in [0, 0.05) is 137 Å². The first-order valence-electron chi connectivity index (χ1n) is 51.6. The van der Waals surface area contributed by atoms with Gasteiger partial charge in [-0.1, -0.05) is 297 Å². The Balaban J connectivity index is 0.000000123. The summed E-state index contributed by atoms with van der Waals surface area (Å²) in [6.07, 6.45) is 3.75. The Morgan fingerprint density at radius 1 is 0.242 bits per heavy atom. The van der Waals surface area contributed by atoms with Crippen LogP contribution < -0.4 is 0 Å². The van der Waals surface area contributed by atoms with Crippen LogP contribution in [0.25, 0.3) is 208 Å². The van der Waals surface area contributed by atoms with Gasteiger partial charge in [-0.15, -0.1) is 191 Å². The second kappa shape index (κ2) is 48.7. The van der Waals surface area contributed by atoms with Crippen molar-refractivity contribution >= 4 is 107 Å². The van der Waals surface area contributed by atoms with E-state index in [1.807, 2.05) is 182 Å². The molecule has 0 aliphatic carbocycles. The molecule has 0 unspecified atom stereocenters. The predicted octanol–water partition coefficient (Wildman–Crippen LogP) is 36.3. The zero-order valence-electron chi connectivity index (χ0n) is 87.6. The monoisotopic (exact) mass is 2470 g/mol. The van der Waals surface area contributed by atoms with Crippen LogP contribution in [0, 0.1) is 64.8 Å².